The molecule has 3 heterocycles. The molecule has 3 aromatic rings. The lowest BCUT2D eigenvalue weighted by Crippen LogP contribution is -2.35. The van der Waals surface area contributed by atoms with Gasteiger partial charge in [-0.05, 0) is 31.7 Å². The summed E-state index contributed by atoms with van der Waals surface area (Å²) >= 11 is 1.35. The summed E-state index contributed by atoms with van der Waals surface area (Å²) in [4.78, 5) is 15.5. The predicted octanol–water partition coefficient (Wildman–Crippen LogP) is 4.17. The van der Waals surface area contributed by atoms with Gasteiger partial charge in [0.25, 0.3) is 0 Å². The number of fused-ring (bicyclic) bond motifs is 1. The van der Waals surface area contributed by atoms with Gasteiger partial charge < -0.3 is 15.5 Å². The second-order valence-electron chi connectivity index (χ2n) is 7.40. The van der Waals surface area contributed by atoms with Crippen molar-refractivity contribution in [1.82, 2.24) is 19.6 Å². The molecule has 1 saturated carbocycles. The van der Waals surface area contributed by atoms with Crippen molar-refractivity contribution in [2.75, 3.05) is 31.0 Å². The Kier molecular flexibility index (Phi) is 6.17. The molecule has 0 amide bonds. The number of hydrogen-bond donors (Lipinski definition) is 1. The molecular formula is C19H21F4N7OS. The van der Waals surface area contributed by atoms with Crippen LogP contribution in [0.1, 0.15) is 31.2 Å². The van der Waals surface area contributed by atoms with Crippen molar-refractivity contribution in [3.8, 4) is 11.3 Å². The Bertz CT molecular complexity index is 1120. The topological polar surface area (TPSA) is 93.9 Å². The summed E-state index contributed by atoms with van der Waals surface area (Å²) in [6.07, 6.45) is 1.30. The minimum Gasteiger partial charge on any atom is -0.393 e. The molecule has 1 aliphatic carbocycles. The molecule has 0 bridgehead atoms. The fourth-order valence-electron chi connectivity index (χ4n) is 3.61. The molecule has 32 heavy (non-hydrogen) atoms. The molecular weight excluding hydrogens is 450 g/mol. The zero-order valence-electron chi connectivity index (χ0n) is 17.1. The highest BCUT2D eigenvalue weighted by atomic mass is 32.1. The van der Waals surface area contributed by atoms with Gasteiger partial charge >= 0.3 is 6.18 Å². The number of nitrogens with two attached hydrogens (primary N) is 1. The van der Waals surface area contributed by atoms with E-state index in [4.69, 9.17) is 10.6 Å². The van der Waals surface area contributed by atoms with Crippen molar-refractivity contribution in [3.05, 3.63) is 24.0 Å². The average molecular weight is 471 g/mol. The van der Waals surface area contributed by atoms with E-state index in [1.54, 1.807) is 0 Å². The number of pyridine rings is 1. The van der Waals surface area contributed by atoms with Crippen molar-refractivity contribution in [3.63, 3.8) is 0 Å². The van der Waals surface area contributed by atoms with Crippen LogP contribution in [0.25, 0.3) is 16.2 Å². The van der Waals surface area contributed by atoms with Crippen LogP contribution in [0.2, 0.25) is 0 Å². The highest BCUT2D eigenvalue weighted by Gasteiger charge is 2.34. The number of hydrogen-bond acceptors (Lipinski definition) is 8. The Morgan fingerprint density at radius 2 is 2.03 bits per heavy atom. The fourth-order valence-corrected chi connectivity index (χ4v) is 4.52. The van der Waals surface area contributed by atoms with Crippen molar-refractivity contribution >= 4 is 33.0 Å². The minimum atomic E-state index is -4.61. The third kappa shape index (κ3) is 4.47. The van der Waals surface area contributed by atoms with E-state index in [2.05, 4.69) is 20.2 Å². The molecule has 1 fully saturated rings. The Morgan fingerprint density at radius 1 is 1.28 bits per heavy atom. The number of rotatable bonds is 6. The number of alkyl halides is 4. The van der Waals surface area contributed by atoms with Crippen molar-refractivity contribution in [2.24, 2.45) is 5.16 Å². The number of aromatic nitrogens is 4. The van der Waals surface area contributed by atoms with Crippen LogP contribution in [0.3, 0.4) is 0 Å². The zero-order valence-corrected chi connectivity index (χ0v) is 18.0. The summed E-state index contributed by atoms with van der Waals surface area (Å²) < 4.78 is 53.3. The smallest absolute Gasteiger partial charge is 0.393 e. The van der Waals surface area contributed by atoms with Gasteiger partial charge in [-0.2, -0.15) is 13.2 Å². The van der Waals surface area contributed by atoms with Crippen LogP contribution in [0.5, 0.6) is 0 Å². The Hall–Kier alpha value is -2.96. The monoisotopic (exact) mass is 471 g/mol. The van der Waals surface area contributed by atoms with E-state index in [0.717, 1.165) is 37.5 Å². The molecule has 1 aliphatic rings. The Morgan fingerprint density at radius 3 is 2.72 bits per heavy atom. The first-order chi connectivity index (χ1) is 15.3. The number of halogens is 4. The number of anilines is 2. The maximum atomic E-state index is 13.2. The number of imidazole rings is 1. The molecule has 0 spiro atoms. The SMILES string of the molecule is CN(c1nn2c(-c3cnc(N)c(C(F)(F)F)c3)cnc2s1)C1CCC(=NOCCF)CC1. The maximum absolute atomic E-state index is 13.2. The van der Waals surface area contributed by atoms with Gasteiger partial charge in [0.15, 0.2) is 0 Å². The van der Waals surface area contributed by atoms with Crippen LogP contribution in [-0.4, -0.2) is 51.7 Å². The van der Waals surface area contributed by atoms with E-state index in [0.29, 0.717) is 15.8 Å². The van der Waals surface area contributed by atoms with E-state index < -0.39 is 24.2 Å². The zero-order chi connectivity index (χ0) is 22.9. The minimum absolute atomic E-state index is 0.0396. The van der Waals surface area contributed by atoms with Crippen LogP contribution < -0.4 is 10.6 Å². The Balaban J connectivity index is 1.53. The number of oxime groups is 1. The van der Waals surface area contributed by atoms with Gasteiger partial charge in [-0.1, -0.05) is 16.5 Å². The van der Waals surface area contributed by atoms with Gasteiger partial charge in [-0.3, -0.25) is 0 Å². The van der Waals surface area contributed by atoms with E-state index in [-0.39, 0.29) is 18.2 Å². The summed E-state index contributed by atoms with van der Waals surface area (Å²) in [5, 5.41) is 9.26. The molecule has 0 atom stereocenters. The van der Waals surface area contributed by atoms with Gasteiger partial charge in [0.05, 0.1) is 23.2 Å². The number of nitrogen functional groups attached to an aromatic ring is 1. The highest BCUT2D eigenvalue weighted by molar-refractivity contribution is 7.20. The highest BCUT2D eigenvalue weighted by Crippen LogP contribution is 2.36. The van der Waals surface area contributed by atoms with Crippen LogP contribution in [0.4, 0.5) is 28.5 Å². The number of nitrogens with zero attached hydrogens (tertiary/aromatic N) is 6. The molecule has 0 aromatic carbocycles. The van der Waals surface area contributed by atoms with Crippen molar-refractivity contribution < 1.29 is 22.4 Å². The Labute approximate surface area is 184 Å². The molecule has 2 N–H and O–H groups in total. The molecule has 0 saturated heterocycles. The summed E-state index contributed by atoms with van der Waals surface area (Å²) in [5.74, 6) is -0.573. The molecule has 3 aromatic heterocycles. The largest absolute Gasteiger partial charge is 0.419 e. The standard InChI is InChI=1S/C19H21F4N7OS/c1-29(13-4-2-12(3-5-13)28-31-7-6-20)18-27-30-15(10-26-17(30)32-18)11-8-14(19(21,22)23)16(24)25-9-11/h8-10,13H,2-7H2,1H3,(H2,24,25). The second-order valence-corrected chi connectivity index (χ2v) is 8.33. The summed E-state index contributed by atoms with van der Waals surface area (Å²) in [6, 6.07) is 1.17. The van der Waals surface area contributed by atoms with E-state index in [1.807, 2.05) is 11.9 Å². The molecule has 172 valence electrons. The first kappa shape index (κ1) is 22.2. The molecule has 0 radical (unpaired) electrons. The molecule has 0 unspecified atom stereocenters. The first-order valence-corrected chi connectivity index (χ1v) is 10.7. The summed E-state index contributed by atoms with van der Waals surface area (Å²) in [6.45, 7) is -0.609. The normalized spacial score (nSPS) is 17.0. The maximum Gasteiger partial charge on any atom is 0.419 e. The van der Waals surface area contributed by atoms with Gasteiger partial charge in [-0.15, -0.1) is 5.10 Å². The summed E-state index contributed by atoms with van der Waals surface area (Å²) in [5.41, 5.74) is 5.95. The van der Waals surface area contributed by atoms with Crippen molar-refractivity contribution in [1.29, 1.82) is 0 Å². The first-order valence-electron chi connectivity index (χ1n) is 9.92. The molecule has 13 heteroatoms. The molecule has 8 nitrogen and oxygen atoms in total. The molecule has 0 aliphatic heterocycles. The van der Waals surface area contributed by atoms with Gasteiger partial charge in [0.2, 0.25) is 10.1 Å². The van der Waals surface area contributed by atoms with Crippen LogP contribution in [0.15, 0.2) is 23.6 Å². The van der Waals surface area contributed by atoms with E-state index >= 15 is 0 Å². The van der Waals surface area contributed by atoms with Crippen molar-refractivity contribution in [2.45, 2.75) is 37.9 Å². The van der Waals surface area contributed by atoms with E-state index in [1.165, 1.54) is 28.2 Å². The second kappa shape index (κ2) is 8.88. The predicted molar refractivity (Wildman–Crippen MR) is 114 cm³/mol. The third-order valence-electron chi connectivity index (χ3n) is 5.34. The average Bonchev–Trinajstić information content (AvgIpc) is 3.35. The lowest BCUT2D eigenvalue weighted by molar-refractivity contribution is -0.137. The van der Waals surface area contributed by atoms with E-state index in [9.17, 15) is 17.6 Å². The fraction of sp³-hybridized carbons (Fsp3) is 0.474. The molecule has 4 rings (SSSR count). The third-order valence-corrected chi connectivity index (χ3v) is 6.35. The van der Waals surface area contributed by atoms with Gasteiger partial charge in [0, 0.05) is 24.8 Å². The van der Waals surface area contributed by atoms with Crippen LogP contribution in [-0.2, 0) is 11.0 Å². The quantitative estimate of drug-likeness (QED) is 0.329. The lowest BCUT2D eigenvalue weighted by Gasteiger charge is -2.31. The van der Waals surface area contributed by atoms with Gasteiger partial charge in [0.1, 0.15) is 19.1 Å². The van der Waals surface area contributed by atoms with Gasteiger partial charge in [-0.25, -0.2) is 18.9 Å². The lowest BCUT2D eigenvalue weighted by atomic mass is 9.93. The van der Waals surface area contributed by atoms with Crippen LogP contribution in [0, 0.1) is 0 Å². The van der Waals surface area contributed by atoms with Crippen LogP contribution >= 0.6 is 11.3 Å². The summed E-state index contributed by atoms with van der Waals surface area (Å²) in [7, 11) is 1.93.